The number of methoxy groups -OCH3 is 1. The molecule has 3 rings (SSSR count). The Morgan fingerprint density at radius 2 is 1.57 bits per heavy atom. The van der Waals surface area contributed by atoms with E-state index in [0.29, 0.717) is 27.8 Å². The zero-order chi connectivity index (χ0) is 29.4. The van der Waals surface area contributed by atoms with Gasteiger partial charge in [-0.05, 0) is 80.4 Å². The van der Waals surface area contributed by atoms with E-state index in [2.05, 4.69) is 5.32 Å². The van der Waals surface area contributed by atoms with E-state index in [0.717, 1.165) is 4.31 Å². The van der Waals surface area contributed by atoms with Crippen LogP contribution in [0.3, 0.4) is 0 Å². The molecule has 0 radical (unpaired) electrons. The highest BCUT2D eigenvalue weighted by atomic mass is 35.5. The monoisotopic (exact) mass is 605 g/mol. The van der Waals surface area contributed by atoms with Crippen LogP contribution >= 0.6 is 23.2 Å². The van der Waals surface area contributed by atoms with Crippen molar-refractivity contribution in [3.63, 3.8) is 0 Å². The summed E-state index contributed by atoms with van der Waals surface area (Å²) in [4.78, 5) is 28.4. The van der Waals surface area contributed by atoms with Gasteiger partial charge >= 0.3 is 0 Å². The lowest BCUT2D eigenvalue weighted by molar-refractivity contribution is -0.139. The fourth-order valence-corrected chi connectivity index (χ4v) is 5.60. The van der Waals surface area contributed by atoms with E-state index in [-0.39, 0.29) is 29.1 Å². The largest absolute Gasteiger partial charge is 0.497 e. The van der Waals surface area contributed by atoms with Gasteiger partial charge in [0.05, 0.1) is 17.7 Å². The Morgan fingerprint density at radius 1 is 0.950 bits per heavy atom. The average molecular weight is 607 g/mol. The molecule has 0 aromatic heterocycles. The van der Waals surface area contributed by atoms with Crippen molar-refractivity contribution >= 4 is 50.7 Å². The molecule has 0 bridgehead atoms. The number of amides is 2. The molecule has 0 aliphatic heterocycles. The molecule has 0 unspecified atom stereocenters. The molecule has 214 valence electrons. The standard InChI is InChI=1S/C29H33Cl2N3O5S/c1-5-20(2)32-29(36)21(3)33(18-22-8-6-7-9-27(22)31)28(35)19-34(24-12-10-23(30)11-13-24)40(37,38)26-16-14-25(39-4)15-17-26/h6-17,20-21H,5,18-19H2,1-4H3,(H,32,36)/t20-,21-/m0/s1. The summed E-state index contributed by atoms with van der Waals surface area (Å²) in [5.74, 6) is -0.454. The first-order valence-corrected chi connectivity index (χ1v) is 14.9. The highest BCUT2D eigenvalue weighted by Gasteiger charge is 2.33. The fraction of sp³-hybridized carbons (Fsp3) is 0.310. The smallest absolute Gasteiger partial charge is 0.264 e. The molecule has 2 amide bonds. The Balaban J connectivity index is 2.03. The minimum atomic E-state index is -4.21. The number of nitrogens with one attached hydrogen (secondary N) is 1. The summed E-state index contributed by atoms with van der Waals surface area (Å²) in [6.45, 7) is 4.86. The lowest BCUT2D eigenvalue weighted by Crippen LogP contribution is -2.52. The number of hydrogen-bond donors (Lipinski definition) is 1. The van der Waals surface area contributed by atoms with Crippen LogP contribution in [0, 0.1) is 0 Å². The predicted molar refractivity (Wildman–Crippen MR) is 158 cm³/mol. The number of carbonyl (C=O) groups is 2. The first-order valence-electron chi connectivity index (χ1n) is 12.7. The zero-order valence-corrected chi connectivity index (χ0v) is 25.1. The Labute approximate surface area is 245 Å². The van der Waals surface area contributed by atoms with E-state index in [4.69, 9.17) is 27.9 Å². The number of carbonyl (C=O) groups excluding carboxylic acids is 2. The summed E-state index contributed by atoms with van der Waals surface area (Å²) in [6.07, 6.45) is 0.710. The van der Waals surface area contributed by atoms with Crippen LogP contribution in [0.25, 0.3) is 0 Å². The molecule has 8 nitrogen and oxygen atoms in total. The summed E-state index contributed by atoms with van der Waals surface area (Å²) >= 11 is 12.4. The maximum absolute atomic E-state index is 13.9. The van der Waals surface area contributed by atoms with Gasteiger partial charge in [0.1, 0.15) is 18.3 Å². The second-order valence-corrected chi connectivity index (χ2v) is 12.0. The first kappa shape index (κ1) is 31.3. The number of sulfonamides is 1. The molecule has 0 aliphatic carbocycles. The third-order valence-electron chi connectivity index (χ3n) is 6.51. The summed E-state index contributed by atoms with van der Waals surface area (Å²) in [5.41, 5.74) is 0.861. The van der Waals surface area contributed by atoms with Crippen LogP contribution in [0.4, 0.5) is 5.69 Å². The molecule has 0 fully saturated rings. The normalized spacial score (nSPS) is 12.8. The average Bonchev–Trinajstić information content (AvgIpc) is 2.95. The van der Waals surface area contributed by atoms with E-state index >= 15 is 0 Å². The second kappa shape index (κ2) is 13.9. The number of ether oxygens (including phenoxy) is 1. The molecule has 3 aromatic carbocycles. The van der Waals surface area contributed by atoms with Crippen molar-refractivity contribution in [2.24, 2.45) is 0 Å². The van der Waals surface area contributed by atoms with Gasteiger partial charge in [-0.2, -0.15) is 0 Å². The summed E-state index contributed by atoms with van der Waals surface area (Å²) in [6, 6.07) is 18.0. The minimum Gasteiger partial charge on any atom is -0.497 e. The van der Waals surface area contributed by atoms with Crippen molar-refractivity contribution in [1.82, 2.24) is 10.2 Å². The van der Waals surface area contributed by atoms with Crippen LogP contribution in [0.15, 0.2) is 77.7 Å². The van der Waals surface area contributed by atoms with Gasteiger partial charge in [-0.1, -0.05) is 48.3 Å². The molecular weight excluding hydrogens is 573 g/mol. The Morgan fingerprint density at radius 3 is 2.15 bits per heavy atom. The van der Waals surface area contributed by atoms with Crippen molar-refractivity contribution in [3.8, 4) is 5.75 Å². The Hall–Kier alpha value is -3.27. The Bertz CT molecular complexity index is 1420. The Kier molecular flexibility index (Phi) is 10.8. The van der Waals surface area contributed by atoms with Crippen LogP contribution in [0.2, 0.25) is 10.0 Å². The lowest BCUT2D eigenvalue weighted by atomic mass is 10.1. The summed E-state index contributed by atoms with van der Waals surface area (Å²) in [7, 11) is -2.73. The van der Waals surface area contributed by atoms with Gasteiger partial charge in [-0.25, -0.2) is 8.42 Å². The van der Waals surface area contributed by atoms with Crippen molar-refractivity contribution in [3.05, 3.63) is 88.4 Å². The number of rotatable bonds is 12. The van der Waals surface area contributed by atoms with Gasteiger partial charge in [0.25, 0.3) is 10.0 Å². The third kappa shape index (κ3) is 7.68. The molecule has 1 N–H and O–H groups in total. The van der Waals surface area contributed by atoms with Gasteiger partial charge in [0.15, 0.2) is 0 Å². The van der Waals surface area contributed by atoms with Gasteiger partial charge in [-0.15, -0.1) is 0 Å². The van der Waals surface area contributed by atoms with Crippen LogP contribution in [0.1, 0.15) is 32.8 Å². The molecule has 0 spiro atoms. The number of halogens is 2. The molecule has 0 aliphatic rings. The van der Waals surface area contributed by atoms with Crippen molar-refractivity contribution in [1.29, 1.82) is 0 Å². The molecule has 11 heteroatoms. The zero-order valence-electron chi connectivity index (χ0n) is 22.8. The molecule has 0 saturated heterocycles. The van der Waals surface area contributed by atoms with Crippen molar-refractivity contribution in [2.45, 2.75) is 50.7 Å². The van der Waals surface area contributed by atoms with Gasteiger partial charge in [-0.3, -0.25) is 13.9 Å². The highest BCUT2D eigenvalue weighted by Crippen LogP contribution is 2.27. The van der Waals surface area contributed by atoms with Crippen LogP contribution in [-0.2, 0) is 26.2 Å². The maximum atomic E-state index is 13.9. The number of hydrogen-bond acceptors (Lipinski definition) is 5. The van der Waals surface area contributed by atoms with Crippen molar-refractivity contribution < 1.29 is 22.7 Å². The molecule has 3 aromatic rings. The predicted octanol–water partition coefficient (Wildman–Crippen LogP) is 5.53. The second-order valence-electron chi connectivity index (χ2n) is 9.27. The SMILES string of the molecule is CC[C@H](C)NC(=O)[C@H](C)N(Cc1ccccc1Cl)C(=O)CN(c1ccc(Cl)cc1)S(=O)(=O)c1ccc(OC)cc1. The lowest BCUT2D eigenvalue weighted by Gasteiger charge is -2.32. The number of anilines is 1. The number of benzene rings is 3. The van der Waals surface area contributed by atoms with Crippen LogP contribution in [0.5, 0.6) is 5.75 Å². The first-order chi connectivity index (χ1) is 19.0. The third-order valence-corrected chi connectivity index (χ3v) is 8.92. The van der Waals surface area contributed by atoms with Gasteiger partial charge in [0.2, 0.25) is 11.8 Å². The van der Waals surface area contributed by atoms with E-state index in [9.17, 15) is 18.0 Å². The fourth-order valence-electron chi connectivity index (χ4n) is 3.87. The van der Waals surface area contributed by atoms with Gasteiger partial charge in [0, 0.05) is 22.6 Å². The van der Waals surface area contributed by atoms with E-state index in [1.165, 1.54) is 48.4 Å². The highest BCUT2D eigenvalue weighted by molar-refractivity contribution is 7.92. The van der Waals surface area contributed by atoms with Crippen molar-refractivity contribution in [2.75, 3.05) is 18.0 Å². The molecule has 0 heterocycles. The summed E-state index contributed by atoms with van der Waals surface area (Å²) < 4.78 is 33.9. The topological polar surface area (TPSA) is 96.0 Å². The van der Waals surface area contributed by atoms with E-state index in [1.807, 2.05) is 13.8 Å². The quantitative estimate of drug-likeness (QED) is 0.293. The molecular formula is C29H33Cl2N3O5S. The maximum Gasteiger partial charge on any atom is 0.264 e. The summed E-state index contributed by atoms with van der Waals surface area (Å²) in [5, 5.41) is 3.73. The molecule has 2 atom stereocenters. The van der Waals surface area contributed by atoms with E-state index in [1.54, 1.807) is 43.3 Å². The van der Waals surface area contributed by atoms with Crippen LogP contribution < -0.4 is 14.4 Å². The minimum absolute atomic E-state index is 0.00460. The molecule has 0 saturated carbocycles. The molecule has 40 heavy (non-hydrogen) atoms. The van der Waals surface area contributed by atoms with E-state index < -0.39 is 28.5 Å². The number of nitrogens with zero attached hydrogens (tertiary/aromatic N) is 2. The van der Waals surface area contributed by atoms with Gasteiger partial charge < -0.3 is 15.0 Å². The van der Waals surface area contributed by atoms with Crippen LogP contribution in [-0.4, -0.2) is 50.9 Å².